The molecule has 1 N–H and O–H groups in total. The zero-order chi connectivity index (χ0) is 11.4. The minimum atomic E-state index is -0.0146. The zero-order valence-electron chi connectivity index (χ0n) is 8.99. The van der Waals surface area contributed by atoms with E-state index in [9.17, 15) is 4.79 Å². The highest BCUT2D eigenvalue weighted by molar-refractivity contribution is 7.11. The van der Waals surface area contributed by atoms with Crippen LogP contribution in [0.25, 0.3) is 0 Å². The van der Waals surface area contributed by atoms with Crippen LogP contribution >= 0.6 is 22.9 Å². The number of aromatic nitrogens is 1. The fraction of sp³-hybridized carbons (Fsp3) is 0.636. The number of halogens is 1. The number of carbonyl (C=O) groups excluding carboxylic acids is 1. The number of rotatable bonds is 3. The van der Waals surface area contributed by atoms with Crippen molar-refractivity contribution >= 4 is 28.8 Å². The summed E-state index contributed by atoms with van der Waals surface area (Å²) in [5, 5.41) is 3.24. The second-order valence-corrected chi connectivity index (χ2v) is 5.71. The third-order valence-corrected chi connectivity index (χ3v) is 4.09. The Morgan fingerprint density at radius 3 is 3.19 bits per heavy atom. The van der Waals surface area contributed by atoms with Crippen molar-refractivity contribution in [3.05, 3.63) is 16.6 Å². The van der Waals surface area contributed by atoms with Gasteiger partial charge in [0.05, 0.1) is 11.7 Å². The summed E-state index contributed by atoms with van der Waals surface area (Å²) in [5.41, 5.74) is 1.67. The summed E-state index contributed by atoms with van der Waals surface area (Å²) in [7, 11) is 0. The van der Waals surface area contributed by atoms with E-state index in [-0.39, 0.29) is 5.91 Å². The molecule has 0 saturated heterocycles. The van der Waals surface area contributed by atoms with E-state index >= 15 is 0 Å². The van der Waals surface area contributed by atoms with Crippen LogP contribution in [0, 0.1) is 5.92 Å². The smallest absolute Gasteiger partial charge is 0.263 e. The summed E-state index contributed by atoms with van der Waals surface area (Å²) in [5.74, 6) is 0.521. The van der Waals surface area contributed by atoms with Gasteiger partial charge in [0.2, 0.25) is 0 Å². The summed E-state index contributed by atoms with van der Waals surface area (Å²) >= 11 is 7.47. The molecule has 0 spiro atoms. The van der Waals surface area contributed by atoms with Crippen molar-refractivity contribution in [1.82, 2.24) is 10.3 Å². The lowest BCUT2D eigenvalue weighted by atomic mass is 9.89. The third kappa shape index (κ3) is 3.19. The van der Waals surface area contributed by atoms with Gasteiger partial charge < -0.3 is 5.32 Å². The molecule has 2 unspecified atom stereocenters. The highest BCUT2D eigenvalue weighted by Gasteiger charge is 2.20. The monoisotopic (exact) mass is 258 g/mol. The molecule has 1 aromatic rings. The molecule has 1 aliphatic carbocycles. The summed E-state index contributed by atoms with van der Waals surface area (Å²) < 4.78 is 0. The predicted octanol–water partition coefficient (Wildman–Crippen LogP) is 2.67. The second-order valence-electron chi connectivity index (χ2n) is 4.21. The van der Waals surface area contributed by atoms with E-state index in [0.29, 0.717) is 16.2 Å². The summed E-state index contributed by atoms with van der Waals surface area (Å²) in [4.78, 5) is 16.2. The molecule has 3 nitrogen and oxygen atoms in total. The first-order valence-electron chi connectivity index (χ1n) is 5.56. The fourth-order valence-electron chi connectivity index (χ4n) is 2.06. The lowest BCUT2D eigenvalue weighted by Gasteiger charge is -2.25. The van der Waals surface area contributed by atoms with Crippen molar-refractivity contribution in [3.8, 4) is 0 Å². The molecule has 16 heavy (non-hydrogen) atoms. The van der Waals surface area contributed by atoms with Gasteiger partial charge in [-0.1, -0.05) is 6.42 Å². The van der Waals surface area contributed by atoms with Gasteiger partial charge in [0.1, 0.15) is 4.88 Å². The number of nitrogens with one attached hydrogen (secondary N) is 1. The predicted molar refractivity (Wildman–Crippen MR) is 66.0 cm³/mol. The molecule has 2 atom stereocenters. The largest absolute Gasteiger partial charge is 0.351 e. The Hall–Kier alpha value is -0.610. The summed E-state index contributed by atoms with van der Waals surface area (Å²) in [6.45, 7) is 0.736. The van der Waals surface area contributed by atoms with Crippen molar-refractivity contribution in [1.29, 1.82) is 0 Å². The number of carbonyl (C=O) groups is 1. The van der Waals surface area contributed by atoms with Crippen LogP contribution in [-0.4, -0.2) is 22.8 Å². The number of alkyl halides is 1. The average Bonchev–Trinajstić information content (AvgIpc) is 2.79. The standard InChI is InChI=1S/C11H15ClN2OS/c12-9-3-1-2-8(4-9)5-14-11(15)10-6-13-7-16-10/h6-9H,1-5H2,(H,14,15). The minimum Gasteiger partial charge on any atom is -0.351 e. The van der Waals surface area contributed by atoms with E-state index in [1.165, 1.54) is 24.2 Å². The van der Waals surface area contributed by atoms with Crippen LogP contribution < -0.4 is 5.32 Å². The van der Waals surface area contributed by atoms with Gasteiger partial charge in [-0.3, -0.25) is 9.78 Å². The summed E-state index contributed by atoms with van der Waals surface area (Å²) in [6.07, 6.45) is 6.08. The SMILES string of the molecule is O=C(NCC1CCCC(Cl)C1)c1cncs1. The Balaban J connectivity index is 1.77. The Morgan fingerprint density at radius 1 is 1.62 bits per heavy atom. The van der Waals surface area contributed by atoms with Gasteiger partial charge in [-0.15, -0.1) is 22.9 Å². The molecule has 1 aliphatic rings. The maximum atomic E-state index is 11.7. The van der Waals surface area contributed by atoms with Crippen molar-refractivity contribution in [3.63, 3.8) is 0 Å². The molecule has 88 valence electrons. The average molecular weight is 259 g/mol. The van der Waals surface area contributed by atoms with Crippen LogP contribution in [0.1, 0.15) is 35.4 Å². The molecule has 1 amide bonds. The van der Waals surface area contributed by atoms with Gasteiger partial charge in [0.15, 0.2) is 0 Å². The molecule has 0 aromatic carbocycles. The van der Waals surface area contributed by atoms with E-state index in [0.717, 1.165) is 19.4 Å². The number of nitrogens with zero attached hydrogens (tertiary/aromatic N) is 1. The Morgan fingerprint density at radius 2 is 2.50 bits per heavy atom. The Labute approximate surface area is 104 Å². The molecule has 0 radical (unpaired) electrons. The van der Waals surface area contributed by atoms with Gasteiger partial charge in [-0.25, -0.2) is 0 Å². The normalized spacial score (nSPS) is 25.3. The molecule has 5 heteroatoms. The van der Waals surface area contributed by atoms with Crippen molar-refractivity contribution in [2.75, 3.05) is 6.54 Å². The fourth-order valence-corrected chi connectivity index (χ4v) is 3.01. The number of thiazole rings is 1. The van der Waals surface area contributed by atoms with Crippen molar-refractivity contribution in [2.45, 2.75) is 31.1 Å². The van der Waals surface area contributed by atoms with E-state index < -0.39 is 0 Å². The maximum absolute atomic E-state index is 11.7. The first-order chi connectivity index (χ1) is 7.75. The van der Waals surface area contributed by atoms with Crippen LogP contribution in [0.4, 0.5) is 0 Å². The first-order valence-corrected chi connectivity index (χ1v) is 6.88. The van der Waals surface area contributed by atoms with E-state index in [4.69, 9.17) is 11.6 Å². The Bertz CT molecular complexity index is 342. The molecule has 0 bridgehead atoms. The van der Waals surface area contributed by atoms with Crippen LogP contribution in [-0.2, 0) is 0 Å². The zero-order valence-corrected chi connectivity index (χ0v) is 10.6. The highest BCUT2D eigenvalue weighted by atomic mass is 35.5. The number of hydrogen-bond acceptors (Lipinski definition) is 3. The van der Waals surface area contributed by atoms with E-state index in [1.807, 2.05) is 0 Å². The maximum Gasteiger partial charge on any atom is 0.263 e. The number of hydrogen-bond donors (Lipinski definition) is 1. The van der Waals surface area contributed by atoms with Gasteiger partial charge >= 0.3 is 0 Å². The van der Waals surface area contributed by atoms with E-state index in [1.54, 1.807) is 11.7 Å². The third-order valence-electron chi connectivity index (χ3n) is 2.93. The second kappa shape index (κ2) is 5.64. The molecular formula is C11H15ClN2OS. The quantitative estimate of drug-likeness (QED) is 0.847. The van der Waals surface area contributed by atoms with Crippen molar-refractivity contribution < 1.29 is 4.79 Å². The number of amides is 1. The molecule has 0 aliphatic heterocycles. The molecule has 1 heterocycles. The lowest BCUT2D eigenvalue weighted by Crippen LogP contribution is -2.31. The van der Waals surface area contributed by atoms with Crippen LogP contribution in [0.3, 0.4) is 0 Å². The van der Waals surface area contributed by atoms with Gasteiger partial charge in [0, 0.05) is 11.9 Å². The lowest BCUT2D eigenvalue weighted by molar-refractivity contribution is 0.0947. The van der Waals surface area contributed by atoms with Crippen LogP contribution in [0.5, 0.6) is 0 Å². The molecular weight excluding hydrogens is 244 g/mol. The first kappa shape index (κ1) is 11.9. The highest BCUT2D eigenvalue weighted by Crippen LogP contribution is 2.27. The van der Waals surface area contributed by atoms with Gasteiger partial charge in [-0.2, -0.15) is 0 Å². The molecule has 2 rings (SSSR count). The topological polar surface area (TPSA) is 42.0 Å². The molecule has 1 fully saturated rings. The molecule has 1 aromatic heterocycles. The molecule has 1 saturated carbocycles. The van der Waals surface area contributed by atoms with Crippen LogP contribution in [0.2, 0.25) is 0 Å². The Kier molecular flexibility index (Phi) is 4.18. The van der Waals surface area contributed by atoms with Gasteiger partial charge in [0.25, 0.3) is 5.91 Å². The minimum absolute atomic E-state index is 0.0146. The summed E-state index contributed by atoms with van der Waals surface area (Å²) in [6, 6.07) is 0. The van der Waals surface area contributed by atoms with Gasteiger partial charge in [-0.05, 0) is 25.2 Å². The van der Waals surface area contributed by atoms with Crippen LogP contribution in [0.15, 0.2) is 11.7 Å². The van der Waals surface area contributed by atoms with Crippen molar-refractivity contribution in [2.24, 2.45) is 5.92 Å². The van der Waals surface area contributed by atoms with E-state index in [2.05, 4.69) is 10.3 Å².